The van der Waals surface area contributed by atoms with Gasteiger partial charge in [-0.25, -0.2) is 4.68 Å². The molecular weight excluding hydrogens is 570 g/mol. The van der Waals surface area contributed by atoms with Gasteiger partial charge >= 0.3 is 0 Å². The number of allylic oxidation sites excluding steroid dienone is 1. The summed E-state index contributed by atoms with van der Waals surface area (Å²) in [6.07, 6.45) is 1.46. The van der Waals surface area contributed by atoms with Gasteiger partial charge in [-0.05, 0) is 77.3 Å². The third-order valence-electron chi connectivity index (χ3n) is 6.01. The summed E-state index contributed by atoms with van der Waals surface area (Å²) in [6, 6.07) is 20.1. The topological polar surface area (TPSA) is 90.3 Å². The Kier molecular flexibility index (Phi) is 7.67. The average molecular weight is 595 g/mol. The first kappa shape index (κ1) is 25.8. The first-order valence-electron chi connectivity index (χ1n) is 12.0. The Labute approximate surface area is 233 Å². The molecule has 3 aromatic carbocycles. The zero-order valence-electron chi connectivity index (χ0n) is 20.7. The molecule has 0 saturated carbocycles. The summed E-state index contributed by atoms with van der Waals surface area (Å²) in [5, 5.41) is 11.3. The molecule has 5 rings (SSSR count). The molecule has 2 heterocycles. The Balaban J connectivity index is 1.52. The van der Waals surface area contributed by atoms with Crippen LogP contribution in [0.4, 0.5) is 11.6 Å². The lowest BCUT2D eigenvalue weighted by Gasteiger charge is -2.29. The molecule has 1 aliphatic rings. The Morgan fingerprint density at radius 1 is 1.13 bits per heavy atom. The van der Waals surface area contributed by atoms with Crippen LogP contribution >= 0.6 is 27.5 Å². The van der Waals surface area contributed by atoms with Crippen LogP contribution in [-0.2, 0) is 11.4 Å². The third kappa shape index (κ3) is 5.39. The smallest absolute Gasteiger partial charge is 0.255 e. The predicted octanol–water partition coefficient (Wildman–Crippen LogP) is 6.60. The largest absolute Gasteiger partial charge is 0.490 e. The third-order valence-corrected chi connectivity index (χ3v) is 6.86. The molecule has 1 aromatic heterocycles. The van der Waals surface area contributed by atoms with Gasteiger partial charge in [-0.3, -0.25) is 4.79 Å². The molecule has 2 N–H and O–H groups in total. The second-order valence-electron chi connectivity index (χ2n) is 8.59. The van der Waals surface area contributed by atoms with Gasteiger partial charge in [-0.2, -0.15) is 10.1 Å². The monoisotopic (exact) mass is 593 g/mol. The Morgan fingerprint density at radius 2 is 1.89 bits per heavy atom. The number of nitrogens with one attached hydrogen (secondary N) is 2. The Morgan fingerprint density at radius 3 is 2.63 bits per heavy atom. The molecular formula is C28H25BrClN5O3. The van der Waals surface area contributed by atoms with Crippen LogP contribution in [0.25, 0.3) is 0 Å². The van der Waals surface area contributed by atoms with Crippen LogP contribution in [0.3, 0.4) is 0 Å². The molecule has 0 aliphatic carbocycles. The highest BCUT2D eigenvalue weighted by Gasteiger charge is 2.34. The first-order chi connectivity index (χ1) is 18.4. The van der Waals surface area contributed by atoms with Crippen LogP contribution in [0.5, 0.6) is 11.5 Å². The summed E-state index contributed by atoms with van der Waals surface area (Å²) < 4.78 is 14.5. The van der Waals surface area contributed by atoms with Crippen LogP contribution < -0.4 is 20.1 Å². The summed E-state index contributed by atoms with van der Waals surface area (Å²) in [4.78, 5) is 17.9. The Hall–Kier alpha value is -3.82. The lowest BCUT2D eigenvalue weighted by atomic mass is 9.94. The molecule has 1 aliphatic heterocycles. The van der Waals surface area contributed by atoms with Gasteiger partial charge in [-0.15, -0.1) is 0 Å². The summed E-state index contributed by atoms with van der Waals surface area (Å²) in [6.45, 7) is 4.53. The lowest BCUT2D eigenvalue weighted by Crippen LogP contribution is -2.31. The number of benzene rings is 3. The van der Waals surface area contributed by atoms with E-state index in [9.17, 15) is 4.79 Å². The summed E-state index contributed by atoms with van der Waals surface area (Å²) in [5.74, 6) is 1.41. The number of halogens is 2. The number of carbonyl (C=O) groups excluding carboxylic acids is 1. The van der Waals surface area contributed by atoms with Gasteiger partial charge in [0.15, 0.2) is 11.5 Å². The van der Waals surface area contributed by atoms with Gasteiger partial charge in [0.25, 0.3) is 5.91 Å². The van der Waals surface area contributed by atoms with Gasteiger partial charge in [0, 0.05) is 16.4 Å². The summed E-state index contributed by atoms with van der Waals surface area (Å²) >= 11 is 9.69. The second kappa shape index (κ2) is 11.3. The predicted molar refractivity (Wildman–Crippen MR) is 151 cm³/mol. The van der Waals surface area contributed by atoms with E-state index >= 15 is 0 Å². The second-order valence-corrected chi connectivity index (χ2v) is 9.88. The molecule has 194 valence electrons. The van der Waals surface area contributed by atoms with E-state index in [1.807, 2.05) is 80.6 Å². The van der Waals surface area contributed by atoms with Crippen molar-refractivity contribution in [2.24, 2.45) is 0 Å². The van der Waals surface area contributed by atoms with Crippen molar-refractivity contribution in [3.8, 4) is 11.5 Å². The molecule has 8 nitrogen and oxygen atoms in total. The number of hydrogen-bond acceptors (Lipinski definition) is 6. The summed E-state index contributed by atoms with van der Waals surface area (Å²) in [5.41, 5.74) is 3.64. The molecule has 1 amide bonds. The van der Waals surface area contributed by atoms with E-state index in [0.717, 1.165) is 11.1 Å². The van der Waals surface area contributed by atoms with Crippen LogP contribution in [0.2, 0.25) is 5.02 Å². The lowest BCUT2D eigenvalue weighted by molar-refractivity contribution is -0.113. The minimum Gasteiger partial charge on any atom is -0.490 e. The first-order valence-corrected chi connectivity index (χ1v) is 13.2. The molecule has 0 spiro atoms. The fraction of sp³-hybridized carbons (Fsp3) is 0.179. The quantitative estimate of drug-likeness (QED) is 0.239. The molecule has 38 heavy (non-hydrogen) atoms. The zero-order valence-corrected chi connectivity index (χ0v) is 23.1. The molecule has 0 saturated heterocycles. The molecule has 0 fully saturated rings. The molecule has 10 heteroatoms. The number of ether oxygens (including phenoxy) is 2. The molecule has 0 bridgehead atoms. The minimum atomic E-state index is -0.557. The van der Waals surface area contributed by atoms with E-state index in [1.54, 1.807) is 4.68 Å². The zero-order chi connectivity index (χ0) is 26.6. The van der Waals surface area contributed by atoms with Gasteiger partial charge in [-0.1, -0.05) is 41.9 Å². The van der Waals surface area contributed by atoms with Gasteiger partial charge in [0.05, 0.1) is 16.7 Å². The van der Waals surface area contributed by atoms with Gasteiger partial charge in [0.2, 0.25) is 5.95 Å². The fourth-order valence-corrected chi connectivity index (χ4v) is 5.00. The maximum absolute atomic E-state index is 13.6. The number of fused-ring (bicyclic) bond motifs is 1. The number of aromatic nitrogens is 3. The highest BCUT2D eigenvalue weighted by Crippen LogP contribution is 2.43. The molecule has 4 aromatic rings. The highest BCUT2D eigenvalue weighted by atomic mass is 79.9. The molecule has 0 radical (unpaired) electrons. The number of carbonyl (C=O) groups is 1. The van der Waals surface area contributed by atoms with Gasteiger partial charge in [0.1, 0.15) is 19.0 Å². The number of nitrogens with zero attached hydrogens (tertiary/aromatic N) is 3. The SMILES string of the molecule is CCOc1cc(C2C(C(=O)Nc3ccccc3)=C(C)Nc3ncnn32)cc(Br)c1OCc1ccc(Cl)cc1. The van der Waals surface area contributed by atoms with E-state index in [1.165, 1.54) is 6.33 Å². The van der Waals surface area contributed by atoms with Crippen molar-refractivity contribution in [2.75, 3.05) is 17.2 Å². The average Bonchev–Trinajstić information content (AvgIpc) is 3.37. The number of rotatable bonds is 8. The number of amides is 1. The van der Waals surface area contributed by atoms with E-state index in [2.05, 4.69) is 36.6 Å². The van der Waals surface area contributed by atoms with Crippen LogP contribution in [0.1, 0.15) is 31.0 Å². The van der Waals surface area contributed by atoms with Crippen molar-refractivity contribution in [3.63, 3.8) is 0 Å². The molecule has 1 atom stereocenters. The Bertz CT molecular complexity index is 1490. The van der Waals surface area contributed by atoms with Gasteiger partial charge < -0.3 is 20.1 Å². The van der Waals surface area contributed by atoms with Crippen molar-refractivity contribution in [2.45, 2.75) is 26.5 Å². The molecule has 1 unspecified atom stereocenters. The highest BCUT2D eigenvalue weighted by molar-refractivity contribution is 9.10. The fourth-order valence-electron chi connectivity index (χ4n) is 4.30. The van der Waals surface area contributed by atoms with E-state index in [-0.39, 0.29) is 5.91 Å². The maximum atomic E-state index is 13.6. The normalized spacial score (nSPS) is 14.5. The van der Waals surface area contributed by atoms with E-state index < -0.39 is 6.04 Å². The van der Waals surface area contributed by atoms with E-state index in [0.29, 0.717) is 57.1 Å². The number of para-hydroxylation sites is 1. The van der Waals surface area contributed by atoms with Crippen molar-refractivity contribution >= 4 is 45.1 Å². The van der Waals surface area contributed by atoms with Crippen LogP contribution in [-0.4, -0.2) is 27.3 Å². The summed E-state index contributed by atoms with van der Waals surface area (Å²) in [7, 11) is 0. The van der Waals surface area contributed by atoms with Crippen LogP contribution in [0, 0.1) is 0 Å². The van der Waals surface area contributed by atoms with E-state index in [4.69, 9.17) is 21.1 Å². The van der Waals surface area contributed by atoms with Crippen molar-refractivity contribution in [1.29, 1.82) is 0 Å². The maximum Gasteiger partial charge on any atom is 0.255 e. The number of hydrogen-bond donors (Lipinski definition) is 2. The van der Waals surface area contributed by atoms with Crippen molar-refractivity contribution in [1.82, 2.24) is 14.8 Å². The van der Waals surface area contributed by atoms with Crippen LogP contribution in [0.15, 0.2) is 88.8 Å². The standard InChI is InChI=1S/C28H25BrClN5O3/c1-3-37-23-14-19(13-22(29)26(23)38-15-18-9-11-20(30)12-10-18)25-24(17(2)33-28-31-16-32-35(25)28)27(36)34-21-7-5-4-6-8-21/h4-14,16,25H,3,15H2,1-2H3,(H,34,36)(H,31,32,33). The van der Waals surface area contributed by atoms with Crippen molar-refractivity contribution < 1.29 is 14.3 Å². The minimum absolute atomic E-state index is 0.246. The number of anilines is 2. The van der Waals surface area contributed by atoms with Crippen molar-refractivity contribution in [3.05, 3.63) is 105 Å².